The SMILES string of the molecule is COc1ccc(-c2ccc(N)cc2N)c(C)c1. The fourth-order valence-corrected chi connectivity index (χ4v) is 1.89. The summed E-state index contributed by atoms with van der Waals surface area (Å²) in [5, 5.41) is 0. The van der Waals surface area contributed by atoms with Gasteiger partial charge in [0.15, 0.2) is 0 Å². The molecule has 0 aromatic heterocycles. The predicted molar refractivity (Wildman–Crippen MR) is 72.0 cm³/mol. The van der Waals surface area contributed by atoms with Gasteiger partial charge in [0.2, 0.25) is 0 Å². The Morgan fingerprint density at radius 1 is 0.941 bits per heavy atom. The van der Waals surface area contributed by atoms with Crippen LogP contribution < -0.4 is 16.2 Å². The van der Waals surface area contributed by atoms with Crippen LogP contribution in [0.25, 0.3) is 11.1 Å². The number of nitrogens with two attached hydrogens (primary N) is 2. The molecular formula is C14H16N2O. The first-order valence-corrected chi connectivity index (χ1v) is 5.42. The maximum absolute atomic E-state index is 5.98. The topological polar surface area (TPSA) is 61.3 Å². The molecule has 4 N–H and O–H groups in total. The second-order valence-corrected chi connectivity index (χ2v) is 4.03. The fourth-order valence-electron chi connectivity index (χ4n) is 1.89. The molecule has 0 heterocycles. The van der Waals surface area contributed by atoms with Crippen molar-refractivity contribution in [3.8, 4) is 16.9 Å². The van der Waals surface area contributed by atoms with E-state index in [0.717, 1.165) is 22.4 Å². The number of ether oxygens (including phenoxy) is 1. The molecule has 0 atom stereocenters. The van der Waals surface area contributed by atoms with Crippen LogP contribution in [-0.2, 0) is 0 Å². The van der Waals surface area contributed by atoms with Gasteiger partial charge in [0.25, 0.3) is 0 Å². The van der Waals surface area contributed by atoms with Crippen molar-refractivity contribution < 1.29 is 4.74 Å². The summed E-state index contributed by atoms with van der Waals surface area (Å²) in [4.78, 5) is 0. The molecule has 0 unspecified atom stereocenters. The lowest BCUT2D eigenvalue weighted by molar-refractivity contribution is 0.414. The number of benzene rings is 2. The molecule has 3 nitrogen and oxygen atoms in total. The van der Waals surface area contributed by atoms with Gasteiger partial charge >= 0.3 is 0 Å². The minimum absolute atomic E-state index is 0.678. The normalized spacial score (nSPS) is 10.2. The average Bonchev–Trinajstić information content (AvgIpc) is 2.30. The van der Waals surface area contributed by atoms with E-state index in [2.05, 4.69) is 0 Å². The van der Waals surface area contributed by atoms with E-state index in [-0.39, 0.29) is 0 Å². The Balaban J connectivity index is 2.53. The summed E-state index contributed by atoms with van der Waals surface area (Å²) in [6.45, 7) is 2.04. The lowest BCUT2D eigenvalue weighted by Gasteiger charge is -2.11. The zero-order valence-electron chi connectivity index (χ0n) is 10.0. The molecule has 0 saturated carbocycles. The van der Waals surface area contributed by atoms with Crippen LogP contribution in [0, 0.1) is 6.92 Å². The molecule has 3 heteroatoms. The lowest BCUT2D eigenvalue weighted by Crippen LogP contribution is -1.95. The van der Waals surface area contributed by atoms with E-state index < -0.39 is 0 Å². The van der Waals surface area contributed by atoms with Gasteiger partial charge in [-0.25, -0.2) is 0 Å². The molecule has 2 rings (SSSR count). The van der Waals surface area contributed by atoms with Crippen molar-refractivity contribution in [2.75, 3.05) is 18.6 Å². The van der Waals surface area contributed by atoms with Crippen molar-refractivity contribution in [3.05, 3.63) is 42.0 Å². The maximum atomic E-state index is 5.98. The van der Waals surface area contributed by atoms with Crippen molar-refractivity contribution in [1.29, 1.82) is 0 Å². The number of nitrogen functional groups attached to an aromatic ring is 2. The molecule has 0 aliphatic heterocycles. The highest BCUT2D eigenvalue weighted by atomic mass is 16.5. The second kappa shape index (κ2) is 4.37. The van der Waals surface area contributed by atoms with Gasteiger partial charge < -0.3 is 16.2 Å². The van der Waals surface area contributed by atoms with Crippen molar-refractivity contribution in [3.63, 3.8) is 0 Å². The number of anilines is 2. The molecule has 0 saturated heterocycles. The molecule has 0 fully saturated rings. The van der Waals surface area contributed by atoms with Crippen LogP contribution in [0.4, 0.5) is 11.4 Å². The van der Waals surface area contributed by atoms with E-state index in [1.54, 1.807) is 13.2 Å². The number of methoxy groups -OCH3 is 1. The monoisotopic (exact) mass is 228 g/mol. The highest BCUT2D eigenvalue weighted by Gasteiger charge is 2.06. The zero-order chi connectivity index (χ0) is 12.4. The third-order valence-corrected chi connectivity index (χ3v) is 2.80. The summed E-state index contributed by atoms with van der Waals surface area (Å²) in [5.74, 6) is 0.847. The lowest BCUT2D eigenvalue weighted by atomic mass is 9.98. The average molecular weight is 228 g/mol. The van der Waals surface area contributed by atoms with Crippen LogP contribution in [0.1, 0.15) is 5.56 Å². The van der Waals surface area contributed by atoms with E-state index in [1.807, 2.05) is 37.3 Å². The van der Waals surface area contributed by atoms with Crippen molar-refractivity contribution >= 4 is 11.4 Å². The Labute approximate surface area is 101 Å². The van der Waals surface area contributed by atoms with E-state index in [1.165, 1.54) is 0 Å². The van der Waals surface area contributed by atoms with E-state index >= 15 is 0 Å². The molecule has 0 radical (unpaired) electrons. The Bertz CT molecular complexity index is 550. The van der Waals surface area contributed by atoms with Crippen LogP contribution >= 0.6 is 0 Å². The van der Waals surface area contributed by atoms with E-state index in [4.69, 9.17) is 16.2 Å². The van der Waals surface area contributed by atoms with Crippen molar-refractivity contribution in [2.45, 2.75) is 6.92 Å². The number of hydrogen-bond acceptors (Lipinski definition) is 3. The van der Waals surface area contributed by atoms with Crippen LogP contribution in [-0.4, -0.2) is 7.11 Å². The van der Waals surface area contributed by atoms with Crippen LogP contribution in [0.15, 0.2) is 36.4 Å². The first kappa shape index (κ1) is 11.3. The summed E-state index contributed by atoms with van der Waals surface area (Å²) in [5.41, 5.74) is 16.3. The Kier molecular flexibility index (Phi) is 2.91. The van der Waals surface area contributed by atoms with Crippen molar-refractivity contribution in [1.82, 2.24) is 0 Å². The zero-order valence-corrected chi connectivity index (χ0v) is 10.0. The van der Waals surface area contributed by atoms with Gasteiger partial charge in [0.1, 0.15) is 5.75 Å². The van der Waals surface area contributed by atoms with Gasteiger partial charge in [-0.1, -0.05) is 12.1 Å². The minimum Gasteiger partial charge on any atom is -0.497 e. The summed E-state index contributed by atoms with van der Waals surface area (Å²) >= 11 is 0. The molecule has 0 bridgehead atoms. The standard InChI is InChI=1S/C14H16N2O/c1-9-7-11(17-2)4-6-12(9)13-5-3-10(15)8-14(13)16/h3-8H,15-16H2,1-2H3. The van der Waals surface area contributed by atoms with Gasteiger partial charge in [-0.05, 0) is 42.3 Å². The number of aryl methyl sites for hydroxylation is 1. The van der Waals surface area contributed by atoms with Gasteiger partial charge in [0, 0.05) is 16.9 Å². The molecule has 88 valence electrons. The van der Waals surface area contributed by atoms with Gasteiger partial charge in [0.05, 0.1) is 7.11 Å². The molecule has 17 heavy (non-hydrogen) atoms. The molecule has 0 aliphatic carbocycles. The largest absolute Gasteiger partial charge is 0.497 e. The van der Waals surface area contributed by atoms with Gasteiger partial charge in [-0.15, -0.1) is 0 Å². The van der Waals surface area contributed by atoms with Crippen LogP contribution in [0.2, 0.25) is 0 Å². The third kappa shape index (κ3) is 2.18. The molecule has 0 spiro atoms. The molecule has 0 amide bonds. The van der Waals surface area contributed by atoms with Crippen LogP contribution in [0.5, 0.6) is 5.75 Å². The Hall–Kier alpha value is -2.16. The summed E-state index contributed by atoms with van der Waals surface area (Å²) in [7, 11) is 1.66. The molecule has 2 aromatic rings. The molecular weight excluding hydrogens is 212 g/mol. The summed E-state index contributed by atoms with van der Waals surface area (Å²) in [6.07, 6.45) is 0. The van der Waals surface area contributed by atoms with Crippen molar-refractivity contribution in [2.24, 2.45) is 0 Å². The summed E-state index contributed by atoms with van der Waals surface area (Å²) in [6, 6.07) is 11.5. The van der Waals surface area contributed by atoms with E-state index in [0.29, 0.717) is 11.4 Å². The predicted octanol–water partition coefficient (Wildman–Crippen LogP) is 2.84. The number of rotatable bonds is 2. The molecule has 0 aliphatic rings. The fraction of sp³-hybridized carbons (Fsp3) is 0.143. The van der Waals surface area contributed by atoms with Gasteiger partial charge in [-0.2, -0.15) is 0 Å². The highest BCUT2D eigenvalue weighted by Crippen LogP contribution is 2.31. The third-order valence-electron chi connectivity index (χ3n) is 2.80. The first-order chi connectivity index (χ1) is 8.11. The quantitative estimate of drug-likeness (QED) is 0.777. The smallest absolute Gasteiger partial charge is 0.119 e. The summed E-state index contributed by atoms with van der Waals surface area (Å²) < 4.78 is 5.18. The van der Waals surface area contributed by atoms with E-state index in [9.17, 15) is 0 Å². The Morgan fingerprint density at radius 3 is 2.24 bits per heavy atom. The minimum atomic E-state index is 0.678. The van der Waals surface area contributed by atoms with Gasteiger partial charge in [-0.3, -0.25) is 0 Å². The number of hydrogen-bond donors (Lipinski definition) is 2. The van der Waals surface area contributed by atoms with Crippen LogP contribution in [0.3, 0.4) is 0 Å². The Morgan fingerprint density at radius 2 is 1.65 bits per heavy atom. The second-order valence-electron chi connectivity index (χ2n) is 4.03. The molecule has 2 aromatic carbocycles. The first-order valence-electron chi connectivity index (χ1n) is 5.42. The maximum Gasteiger partial charge on any atom is 0.119 e. The highest BCUT2D eigenvalue weighted by molar-refractivity contribution is 5.80.